The Hall–Kier alpha value is -1.71. The molecule has 0 bridgehead atoms. The largest absolute Gasteiger partial charge is 0.347 e. The fourth-order valence-electron chi connectivity index (χ4n) is 3.26. The second kappa shape index (κ2) is 8.34. The van der Waals surface area contributed by atoms with E-state index in [1.807, 2.05) is 25.7 Å². The topological polar surface area (TPSA) is 84.3 Å². The Labute approximate surface area is 170 Å². The minimum atomic E-state index is -3.59. The van der Waals surface area contributed by atoms with Crippen LogP contribution in [-0.2, 0) is 17.1 Å². The molecule has 2 aromatic rings. The van der Waals surface area contributed by atoms with Crippen LogP contribution in [0.1, 0.15) is 54.9 Å². The molecule has 1 atom stereocenters. The Morgan fingerprint density at radius 3 is 2.64 bits per heavy atom. The molecule has 0 spiro atoms. The molecule has 7 nitrogen and oxygen atoms in total. The van der Waals surface area contributed by atoms with Gasteiger partial charge in [0.25, 0.3) is 5.91 Å². The zero-order valence-corrected chi connectivity index (χ0v) is 18.5. The lowest BCUT2D eigenvalue weighted by atomic mass is 10.1. The Morgan fingerprint density at radius 2 is 2.00 bits per heavy atom. The third kappa shape index (κ3) is 4.31. The molecule has 1 amide bonds. The molecule has 0 unspecified atom stereocenters. The van der Waals surface area contributed by atoms with Gasteiger partial charge in [-0.3, -0.25) is 4.79 Å². The fourth-order valence-corrected chi connectivity index (χ4v) is 5.74. The molecule has 1 saturated heterocycles. The fraction of sp³-hybridized carbons (Fsp3) is 0.579. The van der Waals surface area contributed by atoms with E-state index in [0.29, 0.717) is 27.7 Å². The van der Waals surface area contributed by atoms with Crippen LogP contribution in [0.2, 0.25) is 0 Å². The van der Waals surface area contributed by atoms with E-state index in [1.165, 1.54) is 17.8 Å². The summed E-state index contributed by atoms with van der Waals surface area (Å²) in [5.41, 5.74) is 1.38. The van der Waals surface area contributed by atoms with Crippen molar-refractivity contribution in [1.29, 1.82) is 0 Å². The van der Waals surface area contributed by atoms with Gasteiger partial charge in [0.1, 0.15) is 14.8 Å². The Balaban J connectivity index is 1.89. The highest BCUT2D eigenvalue weighted by atomic mass is 32.2. The summed E-state index contributed by atoms with van der Waals surface area (Å²) in [7, 11) is -1.80. The molecule has 0 radical (unpaired) electrons. The number of piperidine rings is 1. The SMILES string of the molecule is CC[C@H](C)NS(=O)(=O)c1cc(-c2nc(C)c(C(=O)N3CCCCC3)s2)n(C)c1. The normalized spacial score (nSPS) is 16.4. The van der Waals surface area contributed by atoms with E-state index in [-0.39, 0.29) is 16.8 Å². The first-order valence-corrected chi connectivity index (χ1v) is 12.0. The zero-order valence-electron chi connectivity index (χ0n) is 16.9. The highest BCUT2D eigenvalue weighted by Crippen LogP contribution is 2.31. The lowest BCUT2D eigenvalue weighted by Gasteiger charge is -2.26. The van der Waals surface area contributed by atoms with Crippen molar-refractivity contribution >= 4 is 27.3 Å². The quantitative estimate of drug-likeness (QED) is 0.772. The number of aromatic nitrogens is 2. The molecule has 28 heavy (non-hydrogen) atoms. The van der Waals surface area contributed by atoms with Gasteiger partial charge in [0.2, 0.25) is 10.0 Å². The van der Waals surface area contributed by atoms with Crippen molar-refractivity contribution in [2.45, 2.75) is 57.4 Å². The van der Waals surface area contributed by atoms with Gasteiger partial charge in [0.15, 0.2) is 0 Å². The lowest BCUT2D eigenvalue weighted by molar-refractivity contribution is 0.0728. The summed E-state index contributed by atoms with van der Waals surface area (Å²) in [6.45, 7) is 7.19. The van der Waals surface area contributed by atoms with Crippen molar-refractivity contribution < 1.29 is 13.2 Å². The summed E-state index contributed by atoms with van der Waals surface area (Å²) < 4.78 is 29.6. The second-order valence-corrected chi connectivity index (χ2v) is 10.1. The number of aryl methyl sites for hydroxylation is 2. The van der Waals surface area contributed by atoms with Crippen LogP contribution in [0, 0.1) is 6.92 Å². The predicted octanol–water partition coefficient (Wildman–Crippen LogP) is 3.16. The zero-order chi connectivity index (χ0) is 20.5. The van der Waals surface area contributed by atoms with Gasteiger partial charge in [0.05, 0.1) is 11.4 Å². The van der Waals surface area contributed by atoms with Gasteiger partial charge < -0.3 is 9.47 Å². The summed E-state index contributed by atoms with van der Waals surface area (Å²) in [4.78, 5) is 20.2. The average molecular weight is 425 g/mol. The number of hydrogen-bond acceptors (Lipinski definition) is 5. The second-order valence-electron chi connectivity index (χ2n) is 7.39. The van der Waals surface area contributed by atoms with E-state index >= 15 is 0 Å². The molecule has 0 saturated carbocycles. The van der Waals surface area contributed by atoms with Crippen LogP contribution in [0.3, 0.4) is 0 Å². The Bertz CT molecular complexity index is 956. The van der Waals surface area contributed by atoms with E-state index in [9.17, 15) is 13.2 Å². The number of amides is 1. The number of carbonyl (C=O) groups is 1. The maximum atomic E-state index is 12.9. The lowest BCUT2D eigenvalue weighted by Crippen LogP contribution is -2.35. The Morgan fingerprint density at radius 1 is 1.32 bits per heavy atom. The molecule has 1 fully saturated rings. The third-order valence-electron chi connectivity index (χ3n) is 5.11. The van der Waals surface area contributed by atoms with Crippen molar-refractivity contribution in [3.63, 3.8) is 0 Å². The number of sulfonamides is 1. The minimum Gasteiger partial charge on any atom is -0.347 e. The predicted molar refractivity (Wildman–Crippen MR) is 111 cm³/mol. The van der Waals surface area contributed by atoms with Crippen LogP contribution in [0.15, 0.2) is 17.2 Å². The van der Waals surface area contributed by atoms with Crippen molar-refractivity contribution in [1.82, 2.24) is 19.2 Å². The molecule has 3 heterocycles. The average Bonchev–Trinajstić information content (AvgIpc) is 3.24. The number of nitrogens with one attached hydrogen (secondary N) is 1. The number of rotatable bonds is 6. The van der Waals surface area contributed by atoms with Gasteiger partial charge >= 0.3 is 0 Å². The molecule has 9 heteroatoms. The molecule has 1 aliphatic heterocycles. The number of likely N-dealkylation sites (tertiary alicyclic amines) is 1. The van der Waals surface area contributed by atoms with Crippen LogP contribution < -0.4 is 4.72 Å². The number of thiazole rings is 1. The standard InChI is InChI=1S/C19H28N4O3S2/c1-5-13(2)21-28(25,26)15-11-16(22(4)12-15)18-20-14(3)17(27-18)19(24)23-9-7-6-8-10-23/h11-13,21H,5-10H2,1-4H3/t13-/m0/s1. The van der Waals surface area contributed by atoms with E-state index in [2.05, 4.69) is 9.71 Å². The number of hydrogen-bond donors (Lipinski definition) is 1. The van der Waals surface area contributed by atoms with E-state index in [0.717, 1.165) is 25.9 Å². The first kappa shape index (κ1) is 21.0. The minimum absolute atomic E-state index is 0.0291. The van der Waals surface area contributed by atoms with Crippen LogP contribution in [0.25, 0.3) is 10.7 Å². The van der Waals surface area contributed by atoms with Gasteiger partial charge in [-0.1, -0.05) is 6.92 Å². The summed E-state index contributed by atoms with van der Waals surface area (Å²) in [6, 6.07) is 1.49. The molecule has 1 N–H and O–H groups in total. The smallest absolute Gasteiger partial charge is 0.265 e. The maximum absolute atomic E-state index is 12.9. The van der Waals surface area contributed by atoms with Crippen LogP contribution in [0.5, 0.6) is 0 Å². The van der Waals surface area contributed by atoms with Crippen LogP contribution >= 0.6 is 11.3 Å². The van der Waals surface area contributed by atoms with Gasteiger partial charge in [0, 0.05) is 32.4 Å². The van der Waals surface area contributed by atoms with Crippen LogP contribution in [-0.4, -0.2) is 47.9 Å². The van der Waals surface area contributed by atoms with Crippen molar-refractivity contribution in [3.05, 3.63) is 22.8 Å². The third-order valence-corrected chi connectivity index (χ3v) is 7.84. The summed E-state index contributed by atoms with van der Waals surface area (Å²) in [5, 5.41) is 0.658. The molecule has 0 aliphatic carbocycles. The van der Waals surface area contributed by atoms with E-state index in [1.54, 1.807) is 23.9 Å². The van der Waals surface area contributed by atoms with Gasteiger partial charge in [-0.15, -0.1) is 11.3 Å². The van der Waals surface area contributed by atoms with Crippen molar-refractivity contribution in [3.8, 4) is 10.7 Å². The molecule has 3 rings (SSSR count). The number of carbonyl (C=O) groups excluding carboxylic acids is 1. The molecule has 0 aromatic carbocycles. The molecular weight excluding hydrogens is 396 g/mol. The van der Waals surface area contributed by atoms with Crippen molar-refractivity contribution in [2.75, 3.05) is 13.1 Å². The monoisotopic (exact) mass is 424 g/mol. The molecule has 1 aliphatic rings. The van der Waals surface area contributed by atoms with Gasteiger partial charge in [-0.25, -0.2) is 18.1 Å². The first-order chi connectivity index (χ1) is 13.2. The number of nitrogens with zero attached hydrogens (tertiary/aromatic N) is 3. The van der Waals surface area contributed by atoms with Crippen LogP contribution in [0.4, 0.5) is 0 Å². The van der Waals surface area contributed by atoms with E-state index < -0.39 is 10.0 Å². The molecule has 154 valence electrons. The highest BCUT2D eigenvalue weighted by Gasteiger charge is 2.25. The van der Waals surface area contributed by atoms with E-state index in [4.69, 9.17) is 0 Å². The summed E-state index contributed by atoms with van der Waals surface area (Å²) in [5.74, 6) is 0.0291. The first-order valence-electron chi connectivity index (χ1n) is 9.68. The summed E-state index contributed by atoms with van der Waals surface area (Å²) in [6.07, 6.45) is 5.55. The molecular formula is C19H28N4O3S2. The highest BCUT2D eigenvalue weighted by molar-refractivity contribution is 7.89. The Kier molecular flexibility index (Phi) is 6.26. The van der Waals surface area contributed by atoms with Gasteiger partial charge in [-0.05, 0) is 45.6 Å². The van der Waals surface area contributed by atoms with Crippen molar-refractivity contribution in [2.24, 2.45) is 7.05 Å². The maximum Gasteiger partial charge on any atom is 0.265 e. The molecule has 2 aromatic heterocycles. The van der Waals surface area contributed by atoms with Gasteiger partial charge in [-0.2, -0.15) is 0 Å². The summed E-state index contributed by atoms with van der Waals surface area (Å²) >= 11 is 1.33.